The number of unbranched alkanes of at least 4 members (excludes halogenated alkanes) is 1. The lowest BCUT2D eigenvalue weighted by atomic mass is 10.0. The van der Waals surface area contributed by atoms with E-state index in [2.05, 4.69) is 37.0 Å². The summed E-state index contributed by atoms with van der Waals surface area (Å²) in [5.41, 5.74) is 5.37. The molecule has 2 rings (SSSR count). The molecule has 0 heterocycles. The van der Waals surface area contributed by atoms with Crippen molar-refractivity contribution in [2.45, 2.75) is 129 Å². The summed E-state index contributed by atoms with van der Waals surface area (Å²) in [6, 6.07) is 13.1. The number of ketones is 2. The minimum atomic E-state index is -1.60. The average Bonchev–Trinajstić information content (AvgIpc) is 3.23. The van der Waals surface area contributed by atoms with Crippen LogP contribution in [-0.4, -0.2) is 107 Å². The Hall–Kier alpha value is -7.13. The van der Waals surface area contributed by atoms with Gasteiger partial charge in [0.05, 0.1) is 12.1 Å². The van der Waals surface area contributed by atoms with Crippen molar-refractivity contribution in [1.29, 1.82) is 0 Å². The molecule has 0 saturated carbocycles. The number of carbonyl (C=O) groups excluding carboxylic acids is 8. The van der Waals surface area contributed by atoms with Crippen molar-refractivity contribution >= 4 is 53.4 Å². The Kier molecular flexibility index (Phi) is 23.3. The van der Waals surface area contributed by atoms with E-state index < -0.39 is 87.8 Å². The van der Waals surface area contributed by atoms with Crippen LogP contribution in [0.15, 0.2) is 65.8 Å². The van der Waals surface area contributed by atoms with Crippen molar-refractivity contribution in [2.75, 3.05) is 19.6 Å². The van der Waals surface area contributed by atoms with E-state index in [0.29, 0.717) is 12.0 Å². The number of nitrogens with zero attached hydrogens (tertiary/aromatic N) is 2. The number of nitrogens with two attached hydrogens (primary N) is 1. The van der Waals surface area contributed by atoms with E-state index in [1.54, 1.807) is 84.0 Å². The van der Waals surface area contributed by atoms with Crippen LogP contribution in [0.4, 0.5) is 9.59 Å². The predicted molar refractivity (Wildman–Crippen MR) is 240 cm³/mol. The largest absolute Gasteiger partial charge is 0.460 e. The number of rotatable bonds is 26. The molecule has 22 heteroatoms. The SMILES string of the molecule is CC(C)(C)OC(=O)CCC(NC(=O)OCc1ccccc1)C(=O)NC(CCCCNC(=O)OC(C)(C)C)C(=O)C(=O)NC(CCCN/C(N)=N/[N+](=O)[O-])C(=O)C(=O)NCCc1ccccc1. The number of nitro groups is 1. The van der Waals surface area contributed by atoms with E-state index in [4.69, 9.17) is 19.9 Å². The maximum atomic E-state index is 14.0. The third-order valence-corrected chi connectivity index (χ3v) is 8.88. The Morgan fingerprint density at radius 1 is 0.636 bits per heavy atom. The van der Waals surface area contributed by atoms with Gasteiger partial charge in [-0.15, -0.1) is 0 Å². The standard InChI is InChI=1S/C44H63N9O13/c1-43(2,3)65-34(54)23-22-33(51-42(61)64-28-30-18-11-8-12-19-30)37(57)49-31(20-13-14-25-48-41(60)66-44(4,5)6)36(56)39(59)50-32(21-15-26-47-40(45)52-53(62)63)35(55)38(58)46-27-24-29-16-9-7-10-17-29/h7-12,16-19,31-33H,13-15,20-28H2,1-6H3,(H,46,58)(H,48,60)(H,49,57)(H,50,59)(H,51,61)(H3,45,47,52). The zero-order valence-electron chi connectivity index (χ0n) is 38.3. The number of hydrogen-bond donors (Lipinski definition) is 7. The molecule has 0 bridgehead atoms. The van der Waals surface area contributed by atoms with Crippen molar-refractivity contribution in [2.24, 2.45) is 10.8 Å². The van der Waals surface area contributed by atoms with Gasteiger partial charge in [-0.1, -0.05) is 60.7 Å². The van der Waals surface area contributed by atoms with Crippen LogP contribution in [0.5, 0.6) is 0 Å². The van der Waals surface area contributed by atoms with Gasteiger partial charge in [-0.05, 0) is 97.6 Å². The van der Waals surface area contributed by atoms with Crippen molar-refractivity contribution in [3.63, 3.8) is 0 Å². The number of esters is 1. The first-order valence-corrected chi connectivity index (χ1v) is 21.4. The van der Waals surface area contributed by atoms with E-state index >= 15 is 0 Å². The van der Waals surface area contributed by atoms with Crippen molar-refractivity contribution in [3.05, 3.63) is 81.9 Å². The predicted octanol–water partition coefficient (Wildman–Crippen LogP) is 2.44. The van der Waals surface area contributed by atoms with E-state index in [1.165, 1.54) is 0 Å². The fourth-order valence-electron chi connectivity index (χ4n) is 5.86. The van der Waals surface area contributed by atoms with Gasteiger partial charge >= 0.3 is 18.2 Å². The van der Waals surface area contributed by atoms with Gasteiger partial charge in [0, 0.05) is 26.1 Å². The normalized spacial score (nSPS) is 12.8. The number of Topliss-reactive ketones (excluding diaryl/α,β-unsaturated/α-hetero) is 2. The molecule has 362 valence electrons. The third kappa shape index (κ3) is 24.1. The molecule has 8 N–H and O–H groups in total. The lowest BCUT2D eigenvalue weighted by Gasteiger charge is -2.24. The number of amides is 5. The number of nitrogens with one attached hydrogen (secondary N) is 6. The molecule has 3 atom stereocenters. The second-order valence-electron chi connectivity index (χ2n) is 16.9. The first-order chi connectivity index (χ1) is 31.0. The number of ether oxygens (including phenoxy) is 3. The fourth-order valence-corrected chi connectivity index (χ4v) is 5.86. The van der Waals surface area contributed by atoms with Gasteiger partial charge in [-0.25, -0.2) is 19.7 Å². The van der Waals surface area contributed by atoms with Gasteiger partial charge in [0.15, 0.2) is 5.03 Å². The van der Waals surface area contributed by atoms with Crippen molar-refractivity contribution < 1.29 is 57.6 Å². The third-order valence-electron chi connectivity index (χ3n) is 8.88. The summed E-state index contributed by atoms with van der Waals surface area (Å²) in [6.07, 6.45) is -2.07. The molecule has 0 aliphatic carbocycles. The number of hydrazone groups is 1. The van der Waals surface area contributed by atoms with Crippen LogP contribution in [0.1, 0.15) is 97.6 Å². The van der Waals surface area contributed by atoms with E-state index in [-0.39, 0.29) is 71.2 Å². The summed E-state index contributed by atoms with van der Waals surface area (Å²) in [7, 11) is 0. The van der Waals surface area contributed by atoms with Gasteiger partial charge in [0.1, 0.15) is 29.0 Å². The maximum Gasteiger partial charge on any atom is 0.408 e. The molecule has 0 fully saturated rings. The van der Waals surface area contributed by atoms with Gasteiger partial charge < -0.3 is 51.8 Å². The summed E-state index contributed by atoms with van der Waals surface area (Å²) in [6.45, 7) is 9.91. The molecule has 0 aromatic heterocycles. The van der Waals surface area contributed by atoms with Crippen molar-refractivity contribution in [1.82, 2.24) is 31.9 Å². The number of alkyl carbamates (subject to hydrolysis) is 2. The molecule has 66 heavy (non-hydrogen) atoms. The highest BCUT2D eigenvalue weighted by molar-refractivity contribution is 6.42. The lowest BCUT2D eigenvalue weighted by Crippen LogP contribution is -2.56. The van der Waals surface area contributed by atoms with Crippen LogP contribution < -0.4 is 37.6 Å². The Labute approximate surface area is 383 Å². The van der Waals surface area contributed by atoms with Crippen molar-refractivity contribution in [3.8, 4) is 0 Å². The minimum absolute atomic E-state index is 0.00765. The smallest absolute Gasteiger partial charge is 0.408 e. The van der Waals surface area contributed by atoms with Gasteiger partial charge in [0.2, 0.25) is 17.5 Å². The Morgan fingerprint density at radius 2 is 1.20 bits per heavy atom. The quantitative estimate of drug-likeness (QED) is 0.0104. The maximum absolute atomic E-state index is 14.0. The molecule has 0 saturated heterocycles. The molecule has 0 radical (unpaired) electrons. The topological polar surface area (TPSA) is 318 Å². The molecule has 0 aliphatic rings. The Morgan fingerprint density at radius 3 is 1.80 bits per heavy atom. The second-order valence-corrected chi connectivity index (χ2v) is 16.9. The molecular weight excluding hydrogens is 863 g/mol. The van der Waals surface area contributed by atoms with E-state index in [9.17, 15) is 48.5 Å². The highest BCUT2D eigenvalue weighted by Gasteiger charge is 2.34. The van der Waals surface area contributed by atoms with E-state index in [1.807, 2.05) is 18.2 Å². The summed E-state index contributed by atoms with van der Waals surface area (Å²) in [5, 5.41) is 27.3. The first kappa shape index (κ1) is 55.0. The zero-order valence-corrected chi connectivity index (χ0v) is 38.3. The Balaban J connectivity index is 2.35. The Bertz CT molecular complexity index is 1990. The van der Waals surface area contributed by atoms with Crippen LogP contribution in [-0.2, 0) is 56.0 Å². The molecule has 3 unspecified atom stereocenters. The van der Waals surface area contributed by atoms with Crippen LogP contribution in [0, 0.1) is 10.1 Å². The molecular formula is C44H63N9O13. The molecule has 22 nitrogen and oxygen atoms in total. The van der Waals surface area contributed by atoms with E-state index in [0.717, 1.165) is 5.56 Å². The highest BCUT2D eigenvalue weighted by Crippen LogP contribution is 2.13. The van der Waals surface area contributed by atoms with Gasteiger partial charge in [-0.3, -0.25) is 28.8 Å². The summed E-state index contributed by atoms with van der Waals surface area (Å²) < 4.78 is 15.9. The molecule has 0 spiro atoms. The average molecular weight is 926 g/mol. The summed E-state index contributed by atoms with van der Waals surface area (Å²) in [4.78, 5) is 117. The highest BCUT2D eigenvalue weighted by atomic mass is 16.7. The second kappa shape index (κ2) is 27.9. The summed E-state index contributed by atoms with van der Waals surface area (Å²) >= 11 is 0. The lowest BCUT2D eigenvalue weighted by molar-refractivity contribution is -0.485. The van der Waals surface area contributed by atoms with Crippen LogP contribution in [0.25, 0.3) is 0 Å². The molecule has 2 aromatic carbocycles. The number of benzene rings is 2. The van der Waals surface area contributed by atoms with Gasteiger partial charge in [-0.2, -0.15) is 0 Å². The fraction of sp³-hybridized carbons (Fsp3) is 0.523. The number of carbonyl (C=O) groups is 8. The summed E-state index contributed by atoms with van der Waals surface area (Å²) in [5.74, 6) is -6.96. The first-order valence-electron chi connectivity index (χ1n) is 21.4. The zero-order chi connectivity index (χ0) is 49.3. The van der Waals surface area contributed by atoms with Crippen LogP contribution in [0.3, 0.4) is 0 Å². The molecule has 0 aliphatic heterocycles. The van der Waals surface area contributed by atoms with Gasteiger partial charge in [0.25, 0.3) is 17.8 Å². The minimum Gasteiger partial charge on any atom is -0.460 e. The molecule has 5 amide bonds. The van der Waals surface area contributed by atoms with Crippen LogP contribution >= 0.6 is 0 Å². The monoisotopic (exact) mass is 925 g/mol. The van der Waals surface area contributed by atoms with Crippen LogP contribution in [0.2, 0.25) is 0 Å². The number of guanidine groups is 1. The molecule has 2 aromatic rings. The number of hydrogen-bond acceptors (Lipinski definition) is 13.